The van der Waals surface area contributed by atoms with E-state index in [-0.39, 0.29) is 11.6 Å². The third-order valence-electron chi connectivity index (χ3n) is 4.40. The van der Waals surface area contributed by atoms with Crippen LogP contribution in [0.2, 0.25) is 0 Å². The van der Waals surface area contributed by atoms with Gasteiger partial charge in [0.25, 0.3) is 0 Å². The first kappa shape index (κ1) is 19.4. The van der Waals surface area contributed by atoms with Gasteiger partial charge in [-0.25, -0.2) is 13.8 Å². The van der Waals surface area contributed by atoms with Gasteiger partial charge in [0, 0.05) is 58.0 Å². The molecule has 1 fully saturated rings. The van der Waals surface area contributed by atoms with Crippen LogP contribution in [0.4, 0.5) is 19.6 Å². The smallest absolute Gasteiger partial charge is 0.230 e. The number of carbonyl (C=O) groups is 2. The van der Waals surface area contributed by atoms with E-state index in [1.165, 1.54) is 24.3 Å². The van der Waals surface area contributed by atoms with Crippen molar-refractivity contribution in [2.24, 2.45) is 0 Å². The van der Waals surface area contributed by atoms with E-state index in [0.717, 1.165) is 35.8 Å². The molecule has 1 aliphatic rings. The zero-order valence-electron chi connectivity index (χ0n) is 15.1. The molecule has 1 aromatic carbocycles. The monoisotopic (exact) mass is 394 g/mol. The Labute approximate surface area is 160 Å². The largest absolute Gasteiger partial charge is 0.340 e. The number of amides is 2. The molecule has 1 aliphatic heterocycles. The van der Waals surface area contributed by atoms with Crippen molar-refractivity contribution in [1.29, 1.82) is 0 Å². The fourth-order valence-electron chi connectivity index (χ4n) is 2.99. The molecule has 2 amide bonds. The van der Waals surface area contributed by atoms with E-state index in [0.29, 0.717) is 24.8 Å². The minimum absolute atomic E-state index is 0.0279. The molecule has 0 unspecified atom stereocenters. The molecule has 0 saturated carbocycles. The highest BCUT2D eigenvalue weighted by molar-refractivity contribution is 7.14. The quantitative estimate of drug-likeness (QED) is 0.800. The molecule has 0 N–H and O–H groups in total. The number of carbonyl (C=O) groups excluding carboxylic acids is 2. The van der Waals surface area contributed by atoms with Gasteiger partial charge in [0.05, 0.1) is 11.4 Å². The zero-order valence-corrected chi connectivity index (χ0v) is 15.9. The molecule has 6 nitrogen and oxygen atoms in total. The summed E-state index contributed by atoms with van der Waals surface area (Å²) in [5, 5.41) is 2.16. The summed E-state index contributed by atoms with van der Waals surface area (Å²) in [6.07, 6.45) is 0. The number of rotatable bonds is 4. The van der Waals surface area contributed by atoms with Crippen LogP contribution in [0.25, 0.3) is 0 Å². The first-order valence-corrected chi connectivity index (χ1v) is 9.41. The second kappa shape index (κ2) is 8.10. The van der Waals surface area contributed by atoms with E-state index in [1.54, 1.807) is 11.8 Å². The van der Waals surface area contributed by atoms with Gasteiger partial charge in [-0.1, -0.05) is 0 Å². The molecule has 144 valence electrons. The lowest BCUT2D eigenvalue weighted by atomic mass is 10.2. The van der Waals surface area contributed by atoms with Gasteiger partial charge in [0.2, 0.25) is 11.8 Å². The van der Waals surface area contributed by atoms with Gasteiger partial charge in [-0.05, 0) is 12.1 Å². The highest BCUT2D eigenvalue weighted by atomic mass is 32.1. The lowest BCUT2D eigenvalue weighted by Crippen LogP contribution is -2.47. The second-order valence-electron chi connectivity index (χ2n) is 6.35. The van der Waals surface area contributed by atoms with Crippen molar-refractivity contribution in [2.45, 2.75) is 20.4 Å². The summed E-state index contributed by atoms with van der Waals surface area (Å²) in [4.78, 5) is 33.0. The van der Waals surface area contributed by atoms with Crippen LogP contribution < -0.4 is 4.90 Å². The predicted octanol–water partition coefficient (Wildman–Crippen LogP) is 2.77. The summed E-state index contributed by atoms with van der Waals surface area (Å²) in [5.74, 6) is -1.85. The number of aromatic nitrogens is 1. The van der Waals surface area contributed by atoms with Gasteiger partial charge >= 0.3 is 0 Å². The lowest BCUT2D eigenvalue weighted by Gasteiger charge is -2.33. The van der Waals surface area contributed by atoms with Crippen LogP contribution >= 0.6 is 11.3 Å². The molecule has 0 radical (unpaired) electrons. The SMILES string of the molecule is CC(=O)N1CCN(Cc2csc(N(C(C)=O)c3ccc(F)cc3F)n2)CC1. The van der Waals surface area contributed by atoms with Crippen LogP contribution in [0.3, 0.4) is 0 Å². The van der Waals surface area contributed by atoms with Crippen molar-refractivity contribution in [3.63, 3.8) is 0 Å². The summed E-state index contributed by atoms with van der Waals surface area (Å²) in [6.45, 7) is 6.29. The molecule has 1 saturated heterocycles. The number of hydrogen-bond acceptors (Lipinski definition) is 5. The lowest BCUT2D eigenvalue weighted by molar-refractivity contribution is -0.130. The minimum Gasteiger partial charge on any atom is -0.340 e. The summed E-state index contributed by atoms with van der Waals surface area (Å²) in [5.41, 5.74) is 0.736. The van der Waals surface area contributed by atoms with Crippen molar-refractivity contribution < 1.29 is 18.4 Å². The van der Waals surface area contributed by atoms with Crippen LogP contribution in [0, 0.1) is 11.6 Å². The molecule has 0 bridgehead atoms. The number of nitrogens with zero attached hydrogens (tertiary/aromatic N) is 4. The van der Waals surface area contributed by atoms with Crippen LogP contribution in [-0.2, 0) is 16.1 Å². The van der Waals surface area contributed by atoms with Crippen LogP contribution in [0.15, 0.2) is 23.6 Å². The number of piperazine rings is 1. The molecular formula is C18H20F2N4O2S. The molecule has 0 aliphatic carbocycles. The van der Waals surface area contributed by atoms with Gasteiger partial charge in [-0.3, -0.25) is 19.4 Å². The summed E-state index contributed by atoms with van der Waals surface area (Å²) in [6, 6.07) is 3.08. The number of hydrogen-bond donors (Lipinski definition) is 0. The normalized spacial score (nSPS) is 15.0. The maximum absolute atomic E-state index is 14.1. The van der Waals surface area contributed by atoms with E-state index < -0.39 is 17.5 Å². The fraction of sp³-hybridized carbons (Fsp3) is 0.389. The van der Waals surface area contributed by atoms with Gasteiger partial charge in [0.15, 0.2) is 5.13 Å². The van der Waals surface area contributed by atoms with Crippen molar-refractivity contribution in [3.05, 3.63) is 40.9 Å². The van der Waals surface area contributed by atoms with E-state index in [4.69, 9.17) is 0 Å². The Balaban J connectivity index is 1.73. The number of thiazole rings is 1. The summed E-state index contributed by atoms with van der Waals surface area (Å²) in [7, 11) is 0. The Hall–Kier alpha value is -2.39. The number of benzene rings is 1. The van der Waals surface area contributed by atoms with E-state index in [9.17, 15) is 18.4 Å². The maximum atomic E-state index is 14.1. The Morgan fingerprint density at radius 3 is 2.48 bits per heavy atom. The van der Waals surface area contributed by atoms with Crippen molar-refractivity contribution in [1.82, 2.24) is 14.8 Å². The van der Waals surface area contributed by atoms with Gasteiger partial charge in [-0.15, -0.1) is 11.3 Å². The third kappa shape index (κ3) is 4.48. The Kier molecular flexibility index (Phi) is 5.81. The average molecular weight is 394 g/mol. The van der Waals surface area contributed by atoms with Crippen molar-refractivity contribution in [2.75, 3.05) is 31.1 Å². The standard InChI is InChI=1S/C18H20F2N4O2S/c1-12(25)23-7-5-22(6-8-23)10-15-11-27-18(21-15)24(13(2)26)17-4-3-14(19)9-16(17)20/h3-4,9,11H,5-8,10H2,1-2H3. The molecule has 3 rings (SSSR count). The van der Waals surface area contributed by atoms with Crippen LogP contribution in [0.5, 0.6) is 0 Å². The first-order valence-electron chi connectivity index (χ1n) is 8.53. The van der Waals surface area contributed by atoms with Gasteiger partial charge in [0.1, 0.15) is 11.6 Å². The molecule has 9 heteroatoms. The Morgan fingerprint density at radius 2 is 1.89 bits per heavy atom. The zero-order chi connectivity index (χ0) is 19.6. The number of halogens is 2. The highest BCUT2D eigenvalue weighted by Gasteiger charge is 2.23. The van der Waals surface area contributed by atoms with E-state index in [1.807, 2.05) is 5.38 Å². The Bertz CT molecular complexity index is 850. The summed E-state index contributed by atoms with van der Waals surface area (Å²) >= 11 is 1.23. The summed E-state index contributed by atoms with van der Waals surface area (Å²) < 4.78 is 27.3. The van der Waals surface area contributed by atoms with Gasteiger partial charge in [-0.2, -0.15) is 0 Å². The van der Waals surface area contributed by atoms with Gasteiger partial charge < -0.3 is 4.90 Å². The van der Waals surface area contributed by atoms with Crippen molar-refractivity contribution in [3.8, 4) is 0 Å². The third-order valence-corrected chi connectivity index (χ3v) is 5.27. The second-order valence-corrected chi connectivity index (χ2v) is 7.19. The van der Waals surface area contributed by atoms with Crippen LogP contribution in [-0.4, -0.2) is 52.8 Å². The maximum Gasteiger partial charge on any atom is 0.230 e. The predicted molar refractivity (Wildman–Crippen MR) is 98.8 cm³/mol. The minimum atomic E-state index is -0.817. The Morgan fingerprint density at radius 1 is 1.19 bits per heavy atom. The van der Waals surface area contributed by atoms with E-state index in [2.05, 4.69) is 9.88 Å². The molecule has 2 aromatic rings. The highest BCUT2D eigenvalue weighted by Crippen LogP contribution is 2.31. The number of anilines is 2. The first-order chi connectivity index (χ1) is 12.8. The average Bonchev–Trinajstić information content (AvgIpc) is 3.05. The topological polar surface area (TPSA) is 56.8 Å². The van der Waals surface area contributed by atoms with E-state index >= 15 is 0 Å². The fourth-order valence-corrected chi connectivity index (χ4v) is 3.86. The molecule has 1 aromatic heterocycles. The molecule has 27 heavy (non-hydrogen) atoms. The molecule has 0 spiro atoms. The molecule has 2 heterocycles. The molecule has 0 atom stereocenters. The van der Waals surface area contributed by atoms with Crippen LogP contribution in [0.1, 0.15) is 19.5 Å². The molecular weight excluding hydrogens is 374 g/mol. The van der Waals surface area contributed by atoms with Crippen molar-refractivity contribution >= 4 is 34.0 Å².